The molecular formula is C14H24N2. The normalized spacial score (nSPS) is 19.8. The van der Waals surface area contributed by atoms with E-state index in [4.69, 9.17) is 0 Å². The molecule has 1 aromatic rings. The Morgan fingerprint density at radius 2 is 1.88 bits per heavy atom. The van der Waals surface area contributed by atoms with Crippen LogP contribution in [0.4, 0.5) is 0 Å². The van der Waals surface area contributed by atoms with Crippen LogP contribution >= 0.6 is 0 Å². The number of hydrogen-bond donors (Lipinski definition) is 0. The van der Waals surface area contributed by atoms with Gasteiger partial charge in [-0.15, -0.1) is 0 Å². The maximum absolute atomic E-state index is 3.88. The molecule has 0 N–H and O–H groups in total. The smallest absolute Gasteiger partial charge is 0.0297 e. The highest BCUT2D eigenvalue weighted by molar-refractivity contribution is 5.04. The minimum atomic E-state index is 0.618. The number of rotatable bonds is 0. The van der Waals surface area contributed by atoms with Gasteiger partial charge in [-0.25, -0.2) is 0 Å². The lowest BCUT2D eigenvalue weighted by Crippen LogP contribution is -2.34. The third-order valence-corrected chi connectivity index (χ3v) is 3.15. The second kappa shape index (κ2) is 6.00. The van der Waals surface area contributed by atoms with E-state index >= 15 is 0 Å². The first-order chi connectivity index (χ1) is 7.49. The minimum absolute atomic E-state index is 0.618. The lowest BCUT2D eigenvalue weighted by atomic mass is 9.83. The van der Waals surface area contributed by atoms with Gasteiger partial charge in [-0.2, -0.15) is 0 Å². The summed E-state index contributed by atoms with van der Waals surface area (Å²) >= 11 is 0. The van der Waals surface area contributed by atoms with Crippen molar-refractivity contribution >= 4 is 0 Å². The molecule has 90 valence electrons. The molecule has 2 heteroatoms. The fourth-order valence-electron chi connectivity index (χ4n) is 1.67. The lowest BCUT2D eigenvalue weighted by molar-refractivity contribution is 0.157. The van der Waals surface area contributed by atoms with E-state index in [1.54, 1.807) is 6.20 Å². The number of likely N-dealkylation sites (tertiary alicyclic amines) is 1. The van der Waals surface area contributed by atoms with E-state index in [2.05, 4.69) is 30.8 Å². The molecule has 0 unspecified atom stereocenters. The van der Waals surface area contributed by atoms with Gasteiger partial charge >= 0.3 is 0 Å². The average molecular weight is 220 g/mol. The van der Waals surface area contributed by atoms with E-state index in [1.807, 2.05) is 25.3 Å². The number of piperidine rings is 1. The summed E-state index contributed by atoms with van der Waals surface area (Å²) < 4.78 is 0. The van der Waals surface area contributed by atoms with Gasteiger partial charge in [-0.1, -0.05) is 19.9 Å². The Kier molecular flexibility index (Phi) is 4.94. The third-order valence-electron chi connectivity index (χ3n) is 3.15. The molecule has 2 nitrogen and oxygen atoms in total. The number of hydrogen-bond acceptors (Lipinski definition) is 2. The van der Waals surface area contributed by atoms with Crippen molar-refractivity contribution in [1.29, 1.82) is 0 Å². The van der Waals surface area contributed by atoms with Gasteiger partial charge < -0.3 is 4.90 Å². The van der Waals surface area contributed by atoms with Crippen LogP contribution in [-0.4, -0.2) is 30.0 Å². The highest BCUT2D eigenvalue weighted by atomic mass is 15.1. The van der Waals surface area contributed by atoms with Crippen molar-refractivity contribution in [2.24, 2.45) is 5.41 Å². The molecule has 0 radical (unpaired) electrons. The topological polar surface area (TPSA) is 16.1 Å². The van der Waals surface area contributed by atoms with Crippen LogP contribution in [-0.2, 0) is 0 Å². The van der Waals surface area contributed by atoms with Crippen molar-refractivity contribution in [3.63, 3.8) is 0 Å². The second-order valence-corrected chi connectivity index (χ2v) is 5.50. The zero-order chi connectivity index (χ0) is 12.0. The van der Waals surface area contributed by atoms with Crippen molar-refractivity contribution in [2.45, 2.75) is 33.6 Å². The van der Waals surface area contributed by atoms with Gasteiger partial charge in [0.05, 0.1) is 0 Å². The summed E-state index contributed by atoms with van der Waals surface area (Å²) in [6.07, 6.45) is 6.33. The van der Waals surface area contributed by atoms with E-state index in [-0.39, 0.29) is 0 Å². The Balaban J connectivity index is 0.000000165. The maximum atomic E-state index is 3.88. The summed E-state index contributed by atoms with van der Waals surface area (Å²) in [5.74, 6) is 0. The Bertz CT molecular complexity index is 283. The number of aryl methyl sites for hydroxylation is 1. The molecule has 0 atom stereocenters. The van der Waals surface area contributed by atoms with Crippen molar-refractivity contribution in [3.8, 4) is 0 Å². The first kappa shape index (κ1) is 13.2. The van der Waals surface area contributed by atoms with E-state index < -0.39 is 0 Å². The molecule has 1 aliphatic rings. The zero-order valence-corrected chi connectivity index (χ0v) is 11.0. The molecule has 1 aliphatic heterocycles. The number of aromatic nitrogens is 1. The van der Waals surface area contributed by atoms with Gasteiger partial charge in [0.15, 0.2) is 0 Å². The van der Waals surface area contributed by atoms with Crippen molar-refractivity contribution in [3.05, 3.63) is 30.1 Å². The van der Waals surface area contributed by atoms with Crippen LogP contribution in [0.25, 0.3) is 0 Å². The standard InChI is InChI=1S/C8H17N.C6H7N/c1-8(2)4-6-9(3)7-5-8;1-6-3-2-4-7-5-6/h4-7H2,1-3H3;2-5H,1H3. The molecule has 0 amide bonds. The van der Waals surface area contributed by atoms with Gasteiger partial charge in [0, 0.05) is 12.4 Å². The molecule has 16 heavy (non-hydrogen) atoms. The average Bonchev–Trinajstić information content (AvgIpc) is 2.25. The summed E-state index contributed by atoms with van der Waals surface area (Å²) in [4.78, 5) is 6.29. The fourth-order valence-corrected chi connectivity index (χ4v) is 1.67. The first-order valence-corrected chi connectivity index (χ1v) is 6.05. The summed E-state index contributed by atoms with van der Waals surface area (Å²) in [5, 5.41) is 0. The Labute approximate surface area is 99.7 Å². The van der Waals surface area contributed by atoms with Gasteiger partial charge in [0.2, 0.25) is 0 Å². The van der Waals surface area contributed by atoms with Crippen LogP contribution in [0, 0.1) is 12.3 Å². The molecule has 1 fully saturated rings. The summed E-state index contributed by atoms with van der Waals surface area (Å²) in [6.45, 7) is 9.31. The van der Waals surface area contributed by atoms with E-state index in [0.29, 0.717) is 5.41 Å². The summed E-state index contributed by atoms with van der Waals surface area (Å²) in [6, 6.07) is 3.95. The maximum Gasteiger partial charge on any atom is 0.0297 e. The van der Waals surface area contributed by atoms with E-state index in [0.717, 1.165) is 0 Å². The predicted octanol–water partition coefficient (Wildman–Crippen LogP) is 3.13. The molecular weight excluding hydrogens is 196 g/mol. The predicted molar refractivity (Wildman–Crippen MR) is 69.5 cm³/mol. The zero-order valence-electron chi connectivity index (χ0n) is 11.0. The van der Waals surface area contributed by atoms with Crippen LogP contribution in [0.3, 0.4) is 0 Å². The Morgan fingerprint density at radius 1 is 1.25 bits per heavy atom. The quantitative estimate of drug-likeness (QED) is 0.668. The lowest BCUT2D eigenvalue weighted by Gasteiger charge is -2.34. The fraction of sp³-hybridized carbons (Fsp3) is 0.643. The largest absolute Gasteiger partial charge is 0.306 e. The highest BCUT2D eigenvalue weighted by Gasteiger charge is 2.22. The third kappa shape index (κ3) is 5.26. The first-order valence-electron chi connectivity index (χ1n) is 6.05. The molecule has 1 aromatic heterocycles. The van der Waals surface area contributed by atoms with Crippen molar-refractivity contribution < 1.29 is 0 Å². The molecule has 0 bridgehead atoms. The molecule has 0 spiro atoms. The summed E-state index contributed by atoms with van der Waals surface area (Å²) in [7, 11) is 2.20. The Hall–Kier alpha value is -0.890. The second-order valence-electron chi connectivity index (χ2n) is 5.50. The van der Waals surface area contributed by atoms with Crippen LogP contribution in [0.15, 0.2) is 24.5 Å². The van der Waals surface area contributed by atoms with Crippen molar-refractivity contribution in [1.82, 2.24) is 9.88 Å². The molecule has 0 aliphatic carbocycles. The van der Waals surface area contributed by atoms with Crippen LogP contribution in [0.2, 0.25) is 0 Å². The SMILES string of the molecule is CN1CCC(C)(C)CC1.Cc1cccnc1. The van der Waals surface area contributed by atoms with Crippen molar-refractivity contribution in [2.75, 3.05) is 20.1 Å². The van der Waals surface area contributed by atoms with E-state index in [9.17, 15) is 0 Å². The van der Waals surface area contributed by atoms with Crippen LogP contribution in [0.5, 0.6) is 0 Å². The van der Waals surface area contributed by atoms with Gasteiger partial charge in [-0.3, -0.25) is 4.98 Å². The van der Waals surface area contributed by atoms with E-state index in [1.165, 1.54) is 31.5 Å². The monoisotopic (exact) mass is 220 g/mol. The van der Waals surface area contributed by atoms with Gasteiger partial charge in [0.1, 0.15) is 0 Å². The highest BCUT2D eigenvalue weighted by Crippen LogP contribution is 2.28. The van der Waals surface area contributed by atoms with Gasteiger partial charge in [-0.05, 0) is 56.9 Å². The molecule has 0 saturated carbocycles. The molecule has 2 rings (SSSR count). The Morgan fingerprint density at radius 3 is 2.19 bits per heavy atom. The molecule has 1 saturated heterocycles. The summed E-state index contributed by atoms with van der Waals surface area (Å²) in [5.41, 5.74) is 1.83. The van der Waals surface area contributed by atoms with Crippen LogP contribution in [0.1, 0.15) is 32.3 Å². The molecule has 0 aromatic carbocycles. The number of nitrogens with zero attached hydrogens (tertiary/aromatic N) is 2. The van der Waals surface area contributed by atoms with Crippen LogP contribution < -0.4 is 0 Å². The minimum Gasteiger partial charge on any atom is -0.306 e. The van der Waals surface area contributed by atoms with Gasteiger partial charge in [0.25, 0.3) is 0 Å². The number of pyridine rings is 1. The molecule has 2 heterocycles.